The second-order valence-electron chi connectivity index (χ2n) is 6.31. The molecule has 23 heavy (non-hydrogen) atoms. The minimum atomic E-state index is -3.55. The van der Waals surface area contributed by atoms with Gasteiger partial charge in [-0.15, -0.1) is 0 Å². The Bertz CT molecular complexity index is 685. The van der Waals surface area contributed by atoms with E-state index < -0.39 is 21.7 Å². The van der Waals surface area contributed by atoms with E-state index in [2.05, 4.69) is 22.3 Å². The van der Waals surface area contributed by atoms with Crippen LogP contribution in [-0.4, -0.2) is 40.2 Å². The summed E-state index contributed by atoms with van der Waals surface area (Å²) in [5.41, 5.74) is 0.0355. The summed E-state index contributed by atoms with van der Waals surface area (Å²) in [6.45, 7) is 4.35. The summed E-state index contributed by atoms with van der Waals surface area (Å²) in [5, 5.41) is 6.06. The zero-order valence-corrected chi connectivity index (χ0v) is 14.1. The van der Waals surface area contributed by atoms with Crippen LogP contribution in [0, 0.1) is 11.2 Å². The molecular weight excluding hydrogens is 321 g/mol. The van der Waals surface area contributed by atoms with Crippen LogP contribution in [0.5, 0.6) is 0 Å². The molecule has 1 aromatic carbocycles. The summed E-state index contributed by atoms with van der Waals surface area (Å²) in [6, 6.07) is 3.39. The van der Waals surface area contributed by atoms with E-state index in [1.54, 1.807) is 0 Å². The maximum atomic E-state index is 13.4. The monoisotopic (exact) mass is 343 g/mol. The molecule has 1 saturated heterocycles. The zero-order chi connectivity index (χ0) is 17.1. The number of hydrogen-bond acceptors (Lipinski definition) is 4. The van der Waals surface area contributed by atoms with E-state index in [0.29, 0.717) is 6.54 Å². The first-order valence-electron chi connectivity index (χ1n) is 7.45. The minimum Gasteiger partial charge on any atom is -0.351 e. The predicted molar refractivity (Wildman–Crippen MR) is 87.4 cm³/mol. The van der Waals surface area contributed by atoms with E-state index >= 15 is 0 Å². The van der Waals surface area contributed by atoms with E-state index in [4.69, 9.17) is 0 Å². The number of nitrogens with one attached hydrogen (secondary N) is 3. The number of sulfonamides is 1. The van der Waals surface area contributed by atoms with E-state index in [9.17, 15) is 17.6 Å². The lowest BCUT2D eigenvalue weighted by atomic mass is 9.81. The van der Waals surface area contributed by atoms with Gasteiger partial charge in [0.05, 0.1) is 17.5 Å². The molecule has 0 atom stereocenters. The minimum absolute atomic E-state index is 0.0152. The van der Waals surface area contributed by atoms with Gasteiger partial charge in [0.1, 0.15) is 5.82 Å². The molecule has 3 N–H and O–H groups in total. The smallest absolute Gasteiger partial charge is 0.253 e. The molecule has 0 spiro atoms. The Morgan fingerprint density at radius 1 is 1.35 bits per heavy atom. The van der Waals surface area contributed by atoms with Crippen LogP contribution in [0.15, 0.2) is 18.2 Å². The van der Waals surface area contributed by atoms with Crippen molar-refractivity contribution < 1.29 is 17.6 Å². The van der Waals surface area contributed by atoms with Crippen molar-refractivity contribution in [2.24, 2.45) is 5.41 Å². The van der Waals surface area contributed by atoms with Gasteiger partial charge in [0.2, 0.25) is 10.0 Å². The Morgan fingerprint density at radius 3 is 2.61 bits per heavy atom. The number of carbonyl (C=O) groups is 1. The van der Waals surface area contributed by atoms with Crippen LogP contribution >= 0.6 is 0 Å². The second-order valence-corrected chi connectivity index (χ2v) is 8.06. The van der Waals surface area contributed by atoms with Gasteiger partial charge in [-0.3, -0.25) is 9.52 Å². The largest absolute Gasteiger partial charge is 0.351 e. The number of halogens is 1. The Kier molecular flexibility index (Phi) is 5.26. The van der Waals surface area contributed by atoms with E-state index in [1.807, 2.05) is 0 Å². The third-order valence-electron chi connectivity index (χ3n) is 4.01. The number of amides is 1. The summed E-state index contributed by atoms with van der Waals surface area (Å²) in [5.74, 6) is -1.09. The SMILES string of the molecule is CC1(CNC(=O)c2cc(F)ccc2NS(C)(=O)=O)CCNCC1. The standard InChI is InChI=1S/C15H22FN3O3S/c1-15(5-7-17-8-6-15)10-18-14(20)12-9-11(16)3-4-13(12)19-23(2,21)22/h3-4,9,17,19H,5-8,10H2,1-2H3,(H,18,20). The highest BCUT2D eigenvalue weighted by molar-refractivity contribution is 7.92. The lowest BCUT2D eigenvalue weighted by Crippen LogP contribution is -2.43. The molecule has 6 nitrogen and oxygen atoms in total. The topological polar surface area (TPSA) is 87.3 Å². The van der Waals surface area contributed by atoms with E-state index in [1.165, 1.54) is 6.07 Å². The van der Waals surface area contributed by atoms with Crippen LogP contribution in [0.1, 0.15) is 30.1 Å². The van der Waals surface area contributed by atoms with Crippen molar-refractivity contribution in [1.29, 1.82) is 0 Å². The van der Waals surface area contributed by atoms with Crippen LogP contribution in [0.2, 0.25) is 0 Å². The fourth-order valence-electron chi connectivity index (χ4n) is 2.59. The Hall–Kier alpha value is -1.67. The first-order chi connectivity index (χ1) is 10.7. The summed E-state index contributed by atoms with van der Waals surface area (Å²) < 4.78 is 38.4. The third kappa shape index (κ3) is 5.18. The fourth-order valence-corrected chi connectivity index (χ4v) is 3.17. The van der Waals surface area contributed by atoms with Crippen LogP contribution in [-0.2, 0) is 10.0 Å². The van der Waals surface area contributed by atoms with Gasteiger partial charge in [0, 0.05) is 6.54 Å². The Balaban J connectivity index is 2.13. The number of rotatable bonds is 5. The summed E-state index contributed by atoms with van der Waals surface area (Å²) in [4.78, 5) is 12.4. The van der Waals surface area contributed by atoms with Crippen LogP contribution in [0.25, 0.3) is 0 Å². The van der Waals surface area contributed by atoms with Gasteiger partial charge in [-0.05, 0) is 49.5 Å². The van der Waals surface area contributed by atoms with Gasteiger partial charge >= 0.3 is 0 Å². The van der Waals surface area contributed by atoms with Crippen molar-refractivity contribution in [3.63, 3.8) is 0 Å². The molecule has 1 amide bonds. The fraction of sp³-hybridized carbons (Fsp3) is 0.533. The first-order valence-corrected chi connectivity index (χ1v) is 9.34. The van der Waals surface area contributed by atoms with Crippen LogP contribution in [0.4, 0.5) is 10.1 Å². The van der Waals surface area contributed by atoms with Crippen molar-refractivity contribution in [1.82, 2.24) is 10.6 Å². The zero-order valence-electron chi connectivity index (χ0n) is 13.3. The highest BCUT2D eigenvalue weighted by atomic mass is 32.2. The van der Waals surface area contributed by atoms with Crippen molar-refractivity contribution in [2.45, 2.75) is 19.8 Å². The lowest BCUT2D eigenvalue weighted by Gasteiger charge is -2.34. The Labute approximate surface area is 135 Å². The summed E-state index contributed by atoms with van der Waals surface area (Å²) in [7, 11) is -3.55. The molecule has 0 radical (unpaired) electrons. The number of piperidine rings is 1. The molecule has 0 unspecified atom stereocenters. The van der Waals surface area contributed by atoms with Gasteiger partial charge in [-0.1, -0.05) is 6.92 Å². The molecule has 8 heteroatoms. The molecule has 2 rings (SSSR count). The van der Waals surface area contributed by atoms with Crippen molar-refractivity contribution in [3.05, 3.63) is 29.6 Å². The molecule has 0 aliphatic carbocycles. The highest BCUT2D eigenvalue weighted by Crippen LogP contribution is 2.27. The molecule has 1 aliphatic rings. The normalized spacial score (nSPS) is 17.5. The van der Waals surface area contributed by atoms with E-state index in [-0.39, 0.29) is 16.7 Å². The summed E-state index contributed by atoms with van der Waals surface area (Å²) in [6.07, 6.45) is 2.85. The van der Waals surface area contributed by atoms with E-state index in [0.717, 1.165) is 44.3 Å². The van der Waals surface area contributed by atoms with Gasteiger partial charge < -0.3 is 10.6 Å². The van der Waals surface area contributed by atoms with Crippen molar-refractivity contribution in [2.75, 3.05) is 30.6 Å². The highest BCUT2D eigenvalue weighted by Gasteiger charge is 2.27. The lowest BCUT2D eigenvalue weighted by molar-refractivity contribution is 0.0922. The average Bonchev–Trinajstić information content (AvgIpc) is 2.46. The molecule has 0 bridgehead atoms. The van der Waals surface area contributed by atoms with Crippen molar-refractivity contribution >= 4 is 21.6 Å². The first kappa shape index (κ1) is 17.7. The van der Waals surface area contributed by atoms with Crippen LogP contribution in [0.3, 0.4) is 0 Å². The third-order valence-corrected chi connectivity index (χ3v) is 4.60. The van der Waals surface area contributed by atoms with Gasteiger partial charge in [-0.2, -0.15) is 0 Å². The number of benzene rings is 1. The molecule has 128 valence electrons. The molecule has 1 fully saturated rings. The molecule has 0 aromatic heterocycles. The quantitative estimate of drug-likeness (QED) is 0.752. The number of carbonyl (C=O) groups excluding carboxylic acids is 1. The molecule has 1 heterocycles. The average molecular weight is 343 g/mol. The van der Waals surface area contributed by atoms with Gasteiger partial charge in [-0.25, -0.2) is 12.8 Å². The predicted octanol–water partition coefficient (Wildman–Crippen LogP) is 1.32. The Morgan fingerprint density at radius 2 is 2.00 bits per heavy atom. The van der Waals surface area contributed by atoms with Gasteiger partial charge in [0.15, 0.2) is 0 Å². The van der Waals surface area contributed by atoms with Gasteiger partial charge in [0.25, 0.3) is 5.91 Å². The van der Waals surface area contributed by atoms with Crippen molar-refractivity contribution in [3.8, 4) is 0 Å². The maximum Gasteiger partial charge on any atom is 0.253 e. The summed E-state index contributed by atoms with van der Waals surface area (Å²) >= 11 is 0. The molecule has 0 saturated carbocycles. The molecule has 1 aromatic rings. The second kappa shape index (κ2) is 6.84. The number of hydrogen-bond donors (Lipinski definition) is 3. The molecular formula is C15H22FN3O3S. The van der Waals surface area contributed by atoms with Crippen LogP contribution < -0.4 is 15.4 Å². The maximum absolute atomic E-state index is 13.4. The number of anilines is 1. The molecule has 1 aliphatic heterocycles.